The lowest BCUT2D eigenvalue weighted by molar-refractivity contribution is 0.181. The molecule has 64 valence electrons. The SMILES string of the molecule is COC(C)[SiH3].N=C=O.N=C=O. The normalized spacial score (nSPS) is 8.55. The van der Waals surface area contributed by atoms with E-state index in [2.05, 4.69) is 6.92 Å². The van der Waals surface area contributed by atoms with Gasteiger partial charge < -0.3 is 4.74 Å². The van der Waals surface area contributed by atoms with E-state index >= 15 is 0 Å². The van der Waals surface area contributed by atoms with Crippen molar-refractivity contribution in [3.05, 3.63) is 0 Å². The fraction of sp³-hybridized carbons (Fsp3) is 0.600. The highest BCUT2D eigenvalue weighted by atomic mass is 28.1. The summed E-state index contributed by atoms with van der Waals surface area (Å²) >= 11 is 0. The van der Waals surface area contributed by atoms with E-state index in [4.69, 9.17) is 25.1 Å². The van der Waals surface area contributed by atoms with E-state index in [1.54, 1.807) is 7.11 Å². The number of hydrogen-bond donors (Lipinski definition) is 2. The second-order valence-corrected chi connectivity index (χ2v) is 3.11. The van der Waals surface area contributed by atoms with Crippen molar-refractivity contribution in [1.29, 1.82) is 10.8 Å². The molecule has 0 heterocycles. The predicted molar refractivity (Wildman–Crippen MR) is 43.2 cm³/mol. The average molecular weight is 176 g/mol. The molecule has 5 nitrogen and oxygen atoms in total. The molecule has 0 aromatic carbocycles. The highest BCUT2D eigenvalue weighted by molar-refractivity contribution is 6.10. The van der Waals surface area contributed by atoms with Crippen LogP contribution in [0.2, 0.25) is 0 Å². The first kappa shape index (κ1) is 16.5. The van der Waals surface area contributed by atoms with Crippen LogP contribution in [0, 0.1) is 10.8 Å². The Morgan fingerprint density at radius 1 is 1.36 bits per heavy atom. The topological polar surface area (TPSA) is 91.1 Å². The van der Waals surface area contributed by atoms with Crippen LogP contribution in [-0.4, -0.2) is 35.2 Å². The predicted octanol–water partition coefficient (Wildman–Crippen LogP) is -0.854. The van der Waals surface area contributed by atoms with Gasteiger partial charge in [-0.25, -0.2) is 20.4 Å². The highest BCUT2D eigenvalue weighted by Crippen LogP contribution is 1.71. The molecule has 0 saturated carbocycles. The minimum atomic E-state index is 0.523. The van der Waals surface area contributed by atoms with Crippen LogP contribution in [0.4, 0.5) is 0 Å². The van der Waals surface area contributed by atoms with Gasteiger partial charge in [0.2, 0.25) is 12.2 Å². The molecule has 0 aromatic rings. The maximum atomic E-state index is 8.35. The molecule has 0 aromatic heterocycles. The van der Waals surface area contributed by atoms with E-state index in [-0.39, 0.29) is 0 Å². The third kappa shape index (κ3) is 490. The standard InChI is InChI=1S/C3H10OSi.2CHNO/c1-3(5)4-2;2*2-1-3/h3H,1-2,5H3;2*2H. The third-order valence-electron chi connectivity index (χ3n) is 0.471. The summed E-state index contributed by atoms with van der Waals surface area (Å²) in [6.07, 6.45) is 1.50. The van der Waals surface area contributed by atoms with Gasteiger partial charge in [0, 0.05) is 23.1 Å². The Bertz CT molecular complexity index is 114. The van der Waals surface area contributed by atoms with E-state index in [1.807, 2.05) is 0 Å². The lowest BCUT2D eigenvalue weighted by atomic mass is 10.9. The van der Waals surface area contributed by atoms with Crippen molar-refractivity contribution in [2.75, 3.05) is 7.11 Å². The van der Waals surface area contributed by atoms with Crippen molar-refractivity contribution in [2.45, 2.75) is 12.7 Å². The van der Waals surface area contributed by atoms with Gasteiger partial charge >= 0.3 is 0 Å². The molecule has 0 fully saturated rings. The van der Waals surface area contributed by atoms with Crippen LogP contribution < -0.4 is 0 Å². The van der Waals surface area contributed by atoms with Gasteiger partial charge in [-0.05, 0) is 6.92 Å². The van der Waals surface area contributed by atoms with Gasteiger partial charge in [-0.2, -0.15) is 0 Å². The minimum absolute atomic E-state index is 0.523. The molecule has 6 heteroatoms. The Hall–Kier alpha value is -1.06. The van der Waals surface area contributed by atoms with Crippen molar-refractivity contribution in [2.24, 2.45) is 0 Å². The number of nitrogens with one attached hydrogen (secondary N) is 2. The van der Waals surface area contributed by atoms with E-state index < -0.39 is 0 Å². The maximum Gasteiger partial charge on any atom is 0.231 e. The summed E-state index contributed by atoms with van der Waals surface area (Å²) in [4.78, 5) is 16.7. The largest absolute Gasteiger partial charge is 0.386 e. The number of isocyanates is 2. The van der Waals surface area contributed by atoms with Gasteiger partial charge in [-0.1, -0.05) is 0 Å². The first-order valence-corrected chi connectivity index (χ1v) is 3.86. The summed E-state index contributed by atoms with van der Waals surface area (Å²) in [5.74, 6) is 0. The van der Waals surface area contributed by atoms with Gasteiger partial charge in [0.05, 0.1) is 0 Å². The fourth-order valence-electron chi connectivity index (χ4n) is 0. The molecule has 0 saturated heterocycles. The zero-order valence-corrected chi connectivity index (χ0v) is 8.80. The summed E-state index contributed by atoms with van der Waals surface area (Å²) in [6.45, 7) is 2.06. The van der Waals surface area contributed by atoms with Gasteiger partial charge in [0.15, 0.2) is 0 Å². The molecule has 11 heavy (non-hydrogen) atoms. The highest BCUT2D eigenvalue weighted by Gasteiger charge is 1.78. The molecule has 0 aliphatic heterocycles. The zero-order valence-electron chi connectivity index (χ0n) is 6.80. The summed E-state index contributed by atoms with van der Waals surface area (Å²) in [5, 5.41) is 10.8. The molecule has 0 rings (SSSR count). The number of rotatable bonds is 1. The Kier molecular flexibility index (Phi) is 34.6. The molecule has 2 N–H and O–H groups in total. The molecule has 0 radical (unpaired) electrons. The van der Waals surface area contributed by atoms with Crippen LogP contribution in [0.15, 0.2) is 0 Å². The number of hydrogen-bond acceptors (Lipinski definition) is 5. The van der Waals surface area contributed by atoms with Crippen LogP contribution in [0.1, 0.15) is 6.92 Å². The van der Waals surface area contributed by atoms with E-state index in [0.717, 1.165) is 22.4 Å². The molecule has 0 spiro atoms. The smallest absolute Gasteiger partial charge is 0.231 e. The summed E-state index contributed by atoms with van der Waals surface area (Å²) in [5.41, 5.74) is 0.523. The zero-order chi connectivity index (χ0) is 9.70. The van der Waals surface area contributed by atoms with E-state index in [1.165, 1.54) is 0 Å². The number of ether oxygens (including phenoxy) is 1. The van der Waals surface area contributed by atoms with Gasteiger partial charge in [-0.15, -0.1) is 0 Å². The van der Waals surface area contributed by atoms with Crippen molar-refractivity contribution in [1.82, 2.24) is 0 Å². The molecule has 0 bridgehead atoms. The maximum absolute atomic E-state index is 8.35. The molecular weight excluding hydrogens is 164 g/mol. The quantitative estimate of drug-likeness (QED) is 0.309. The van der Waals surface area contributed by atoms with Crippen LogP contribution in [0.3, 0.4) is 0 Å². The molecule has 0 amide bonds. The van der Waals surface area contributed by atoms with Crippen molar-refractivity contribution < 1.29 is 14.3 Å². The monoisotopic (exact) mass is 176 g/mol. The number of methoxy groups -OCH3 is 1. The summed E-state index contributed by atoms with van der Waals surface area (Å²) < 4.78 is 4.81. The Morgan fingerprint density at radius 3 is 1.45 bits per heavy atom. The van der Waals surface area contributed by atoms with Gasteiger partial charge in [0.25, 0.3) is 0 Å². The first-order valence-electron chi connectivity index (χ1n) is 2.71. The third-order valence-corrected chi connectivity index (χ3v) is 0.943. The molecule has 0 aliphatic carbocycles. The lowest BCUT2D eigenvalue weighted by Gasteiger charge is -1.94. The fourth-order valence-corrected chi connectivity index (χ4v) is 0. The molecular formula is C5H12N2O3Si. The Labute approximate surface area is 68.2 Å². The van der Waals surface area contributed by atoms with Crippen molar-refractivity contribution in [3.63, 3.8) is 0 Å². The van der Waals surface area contributed by atoms with Gasteiger partial charge in [0.1, 0.15) is 0 Å². The Balaban J connectivity index is -0.0000000933. The van der Waals surface area contributed by atoms with Crippen LogP contribution in [0.5, 0.6) is 0 Å². The van der Waals surface area contributed by atoms with Crippen molar-refractivity contribution >= 4 is 22.4 Å². The van der Waals surface area contributed by atoms with E-state index in [9.17, 15) is 0 Å². The van der Waals surface area contributed by atoms with Crippen LogP contribution >= 0.6 is 0 Å². The Morgan fingerprint density at radius 2 is 1.45 bits per heavy atom. The van der Waals surface area contributed by atoms with E-state index in [0.29, 0.717) is 5.73 Å². The van der Waals surface area contributed by atoms with Crippen LogP contribution in [-0.2, 0) is 14.3 Å². The second kappa shape index (κ2) is 23.1. The van der Waals surface area contributed by atoms with Crippen molar-refractivity contribution in [3.8, 4) is 0 Å². The average Bonchev–Trinajstić information content (AvgIpc) is 1.91. The first-order chi connectivity index (χ1) is 5.10. The summed E-state index contributed by atoms with van der Waals surface area (Å²) in [6, 6.07) is 0. The minimum Gasteiger partial charge on any atom is -0.386 e. The molecule has 1 atom stereocenters. The summed E-state index contributed by atoms with van der Waals surface area (Å²) in [7, 11) is 2.88. The molecule has 0 aliphatic rings. The second-order valence-electron chi connectivity index (χ2n) is 1.49. The lowest BCUT2D eigenvalue weighted by Crippen LogP contribution is -2.01. The molecule has 1 unspecified atom stereocenters. The number of carbonyl (C=O) groups excluding carboxylic acids is 2. The van der Waals surface area contributed by atoms with Crippen LogP contribution in [0.25, 0.3) is 0 Å². The van der Waals surface area contributed by atoms with Gasteiger partial charge in [-0.3, -0.25) is 0 Å².